The first-order valence-corrected chi connectivity index (χ1v) is 10.9. The molecule has 0 radical (unpaired) electrons. The highest BCUT2D eigenvalue weighted by Crippen LogP contribution is 2.16. The third-order valence-electron chi connectivity index (χ3n) is 4.62. The van der Waals surface area contributed by atoms with E-state index in [1.165, 1.54) is 4.31 Å². The molecule has 2 rings (SSSR count). The monoisotopic (exact) mass is 397 g/mol. The zero-order valence-corrected chi connectivity index (χ0v) is 17.5. The minimum atomic E-state index is -3.45. The minimum Gasteiger partial charge on any atom is -0.373 e. The molecule has 0 bridgehead atoms. The van der Waals surface area contributed by atoms with Crippen molar-refractivity contribution >= 4 is 15.9 Å². The van der Waals surface area contributed by atoms with Gasteiger partial charge in [-0.3, -0.25) is 9.69 Å². The maximum Gasteiger partial charge on any atom is 0.243 e. The molecule has 1 aliphatic heterocycles. The lowest BCUT2D eigenvalue weighted by Gasteiger charge is -2.34. The van der Waals surface area contributed by atoms with Gasteiger partial charge in [0.05, 0.1) is 23.6 Å². The molecule has 27 heavy (non-hydrogen) atoms. The van der Waals surface area contributed by atoms with Gasteiger partial charge in [-0.05, 0) is 31.5 Å². The van der Waals surface area contributed by atoms with Crippen LogP contribution in [0.25, 0.3) is 0 Å². The van der Waals surface area contributed by atoms with Crippen molar-refractivity contribution in [1.82, 2.24) is 14.5 Å². The predicted octanol–water partition coefficient (Wildman–Crippen LogP) is 1.44. The minimum absolute atomic E-state index is 0.0452. The number of carbonyl (C=O) groups excluding carboxylic acids is 1. The summed E-state index contributed by atoms with van der Waals surface area (Å²) in [5, 5.41) is 2.90. The number of nitrogens with one attached hydrogen (secondary N) is 1. The molecule has 1 aromatic rings. The van der Waals surface area contributed by atoms with Gasteiger partial charge in [-0.15, -0.1) is 0 Å². The molecule has 1 aliphatic rings. The summed E-state index contributed by atoms with van der Waals surface area (Å²) in [7, 11) is -3.45. The Hall–Kier alpha value is -1.48. The van der Waals surface area contributed by atoms with Crippen molar-refractivity contribution in [3.05, 3.63) is 29.8 Å². The SMILES string of the molecule is CCN(CC)S(=O)(=O)c1ccc(CNC(=O)CN2C[C@H](C)O[C@@H](C)C2)cc1. The van der Waals surface area contributed by atoms with Crippen molar-refractivity contribution in [2.24, 2.45) is 0 Å². The number of amides is 1. The Morgan fingerprint density at radius 2 is 1.70 bits per heavy atom. The van der Waals surface area contributed by atoms with Crippen molar-refractivity contribution in [2.75, 3.05) is 32.7 Å². The van der Waals surface area contributed by atoms with Gasteiger partial charge in [0.2, 0.25) is 15.9 Å². The van der Waals surface area contributed by atoms with Crippen molar-refractivity contribution < 1.29 is 17.9 Å². The second kappa shape index (κ2) is 9.64. The van der Waals surface area contributed by atoms with Crippen molar-refractivity contribution in [2.45, 2.75) is 51.3 Å². The summed E-state index contributed by atoms with van der Waals surface area (Å²) < 4.78 is 32.1. The largest absolute Gasteiger partial charge is 0.373 e. The molecule has 0 aromatic heterocycles. The second-order valence-corrected chi connectivity index (χ2v) is 8.90. The van der Waals surface area contributed by atoms with E-state index in [0.717, 1.165) is 18.7 Å². The normalized spacial score (nSPS) is 21.4. The fourth-order valence-electron chi connectivity index (χ4n) is 3.37. The van der Waals surface area contributed by atoms with Crippen LogP contribution in [0.4, 0.5) is 0 Å². The van der Waals surface area contributed by atoms with E-state index in [1.54, 1.807) is 24.3 Å². The molecule has 0 saturated carbocycles. The topological polar surface area (TPSA) is 79.0 Å². The molecule has 1 aromatic carbocycles. The maximum atomic E-state index is 12.5. The van der Waals surface area contributed by atoms with Crippen LogP contribution in [-0.4, -0.2) is 68.5 Å². The third kappa shape index (κ3) is 6.00. The van der Waals surface area contributed by atoms with E-state index in [2.05, 4.69) is 10.2 Å². The zero-order chi connectivity index (χ0) is 20.0. The number of sulfonamides is 1. The smallest absolute Gasteiger partial charge is 0.243 e. The second-order valence-electron chi connectivity index (χ2n) is 6.96. The first-order valence-electron chi connectivity index (χ1n) is 9.49. The zero-order valence-electron chi connectivity index (χ0n) is 16.6. The fourth-order valence-corrected chi connectivity index (χ4v) is 4.82. The quantitative estimate of drug-likeness (QED) is 0.718. The van der Waals surface area contributed by atoms with E-state index in [0.29, 0.717) is 26.2 Å². The summed E-state index contributed by atoms with van der Waals surface area (Å²) >= 11 is 0. The van der Waals surface area contributed by atoms with E-state index in [9.17, 15) is 13.2 Å². The number of hydrogen-bond acceptors (Lipinski definition) is 5. The molecule has 1 N–H and O–H groups in total. The molecule has 2 atom stereocenters. The Balaban J connectivity index is 1.88. The number of morpholine rings is 1. The standard InChI is InChI=1S/C19H31N3O4S/c1-5-22(6-2)27(24,25)18-9-7-17(8-10-18)11-20-19(23)14-21-12-15(3)26-16(4)13-21/h7-10,15-16H,5-6,11-14H2,1-4H3,(H,20,23)/t15-,16-/m0/s1. The number of ether oxygens (including phenoxy) is 1. The molecule has 0 spiro atoms. The van der Waals surface area contributed by atoms with E-state index in [-0.39, 0.29) is 23.0 Å². The summed E-state index contributed by atoms with van der Waals surface area (Å²) in [6.45, 7) is 10.7. The molecule has 0 unspecified atom stereocenters. The molecule has 1 amide bonds. The highest BCUT2D eigenvalue weighted by atomic mass is 32.2. The summed E-state index contributed by atoms with van der Waals surface area (Å²) in [4.78, 5) is 14.6. The van der Waals surface area contributed by atoms with Crippen molar-refractivity contribution in [1.29, 1.82) is 0 Å². The number of nitrogens with zero attached hydrogens (tertiary/aromatic N) is 2. The number of carbonyl (C=O) groups is 1. The Labute approximate surface area is 162 Å². The van der Waals surface area contributed by atoms with Crippen LogP contribution in [0.5, 0.6) is 0 Å². The lowest BCUT2D eigenvalue weighted by Crippen LogP contribution is -2.49. The predicted molar refractivity (Wildman–Crippen MR) is 105 cm³/mol. The van der Waals surface area contributed by atoms with Crippen LogP contribution < -0.4 is 5.32 Å². The Morgan fingerprint density at radius 1 is 1.15 bits per heavy atom. The van der Waals surface area contributed by atoms with Gasteiger partial charge in [-0.1, -0.05) is 26.0 Å². The van der Waals surface area contributed by atoms with Crippen molar-refractivity contribution in [3.8, 4) is 0 Å². The maximum absolute atomic E-state index is 12.5. The van der Waals surface area contributed by atoms with Gasteiger partial charge in [0.25, 0.3) is 0 Å². The molecular formula is C19H31N3O4S. The van der Waals surface area contributed by atoms with Gasteiger partial charge in [0.15, 0.2) is 0 Å². The van der Waals surface area contributed by atoms with Crippen LogP contribution in [0.3, 0.4) is 0 Å². The van der Waals surface area contributed by atoms with E-state index in [4.69, 9.17) is 4.74 Å². The molecule has 1 saturated heterocycles. The van der Waals surface area contributed by atoms with Gasteiger partial charge in [-0.25, -0.2) is 8.42 Å². The van der Waals surface area contributed by atoms with E-state index < -0.39 is 10.0 Å². The average molecular weight is 398 g/mol. The van der Waals surface area contributed by atoms with Crippen LogP contribution in [0.15, 0.2) is 29.2 Å². The van der Waals surface area contributed by atoms with Crippen LogP contribution in [-0.2, 0) is 26.1 Å². The first-order chi connectivity index (χ1) is 12.8. The summed E-state index contributed by atoms with van der Waals surface area (Å²) in [5.41, 5.74) is 0.866. The molecular weight excluding hydrogens is 366 g/mol. The number of hydrogen-bond donors (Lipinski definition) is 1. The molecule has 152 valence electrons. The van der Waals surface area contributed by atoms with Crippen LogP contribution in [0.1, 0.15) is 33.3 Å². The number of rotatable bonds is 8. The summed E-state index contributed by atoms with van der Waals surface area (Å²) in [6.07, 6.45) is 0.253. The van der Waals surface area contributed by atoms with Crippen molar-refractivity contribution in [3.63, 3.8) is 0 Å². The fraction of sp³-hybridized carbons (Fsp3) is 0.632. The molecule has 7 nitrogen and oxygen atoms in total. The van der Waals surface area contributed by atoms with E-state index in [1.807, 2.05) is 27.7 Å². The first kappa shape index (κ1) is 21.8. The molecule has 1 heterocycles. The third-order valence-corrected chi connectivity index (χ3v) is 6.68. The Morgan fingerprint density at radius 3 is 2.22 bits per heavy atom. The van der Waals surface area contributed by atoms with Gasteiger partial charge < -0.3 is 10.1 Å². The lowest BCUT2D eigenvalue weighted by molar-refractivity contribution is -0.126. The van der Waals surface area contributed by atoms with Crippen LogP contribution >= 0.6 is 0 Å². The molecule has 1 fully saturated rings. The Bertz CT molecular complexity index is 707. The lowest BCUT2D eigenvalue weighted by atomic mass is 10.2. The van der Waals surface area contributed by atoms with E-state index >= 15 is 0 Å². The molecule has 8 heteroatoms. The van der Waals surface area contributed by atoms with Crippen LogP contribution in [0, 0.1) is 0 Å². The van der Waals surface area contributed by atoms with Gasteiger partial charge in [-0.2, -0.15) is 4.31 Å². The number of benzene rings is 1. The van der Waals surface area contributed by atoms with Gasteiger partial charge in [0, 0.05) is 32.7 Å². The average Bonchev–Trinajstić information content (AvgIpc) is 2.60. The highest BCUT2D eigenvalue weighted by molar-refractivity contribution is 7.89. The molecule has 0 aliphatic carbocycles. The van der Waals surface area contributed by atoms with Crippen LogP contribution in [0.2, 0.25) is 0 Å². The van der Waals surface area contributed by atoms with Gasteiger partial charge in [0.1, 0.15) is 0 Å². The Kier molecular flexibility index (Phi) is 7.79. The summed E-state index contributed by atoms with van der Waals surface area (Å²) in [5.74, 6) is -0.0452. The summed E-state index contributed by atoms with van der Waals surface area (Å²) in [6, 6.07) is 6.69. The highest BCUT2D eigenvalue weighted by Gasteiger charge is 2.24. The van der Waals surface area contributed by atoms with Gasteiger partial charge >= 0.3 is 0 Å².